The van der Waals surface area contributed by atoms with Crippen LogP contribution >= 0.6 is 0 Å². The van der Waals surface area contributed by atoms with Gasteiger partial charge in [0.2, 0.25) is 10.0 Å². The number of ether oxygens (including phenoxy) is 2. The Kier molecular flexibility index (Phi) is 5.57. The molecule has 1 aliphatic carbocycles. The van der Waals surface area contributed by atoms with Crippen LogP contribution in [0.2, 0.25) is 0 Å². The van der Waals surface area contributed by atoms with Gasteiger partial charge in [0.05, 0.1) is 49.8 Å². The minimum Gasteiger partial charge on any atom is -0.346 e. The van der Waals surface area contributed by atoms with Gasteiger partial charge in [0.25, 0.3) is 0 Å². The molecule has 0 N–H and O–H groups in total. The normalized spacial score (nSPS) is 27.7. The van der Waals surface area contributed by atoms with Crippen molar-refractivity contribution in [3.05, 3.63) is 36.4 Å². The number of hydrogen-bond donors (Lipinski definition) is 0. The Morgan fingerprint density at radius 1 is 1.07 bits per heavy atom. The van der Waals surface area contributed by atoms with E-state index < -0.39 is 15.8 Å². The molecule has 2 saturated heterocycles. The number of sulfonamides is 1. The van der Waals surface area contributed by atoms with Gasteiger partial charge < -0.3 is 13.9 Å². The van der Waals surface area contributed by atoms with Crippen molar-refractivity contribution in [1.29, 1.82) is 0 Å². The van der Waals surface area contributed by atoms with Crippen molar-refractivity contribution in [2.24, 2.45) is 0 Å². The van der Waals surface area contributed by atoms with Crippen LogP contribution in [0, 0.1) is 0 Å². The molecular formula is C21H30N4O4S. The molecule has 164 valence electrons. The van der Waals surface area contributed by atoms with Gasteiger partial charge in [0.15, 0.2) is 5.79 Å². The summed E-state index contributed by atoms with van der Waals surface area (Å²) in [5, 5.41) is -0.252. The summed E-state index contributed by atoms with van der Waals surface area (Å²) in [4.78, 5) is 6.82. The summed E-state index contributed by atoms with van der Waals surface area (Å²) in [6.45, 7) is 3.53. The molecule has 1 spiro atoms. The zero-order valence-corrected chi connectivity index (χ0v) is 18.1. The lowest BCUT2D eigenvalue weighted by Gasteiger charge is -2.47. The van der Waals surface area contributed by atoms with Crippen LogP contribution in [-0.4, -0.2) is 77.4 Å². The fraction of sp³-hybridized carbons (Fsp3) is 0.667. The molecule has 0 radical (unpaired) electrons. The summed E-state index contributed by atoms with van der Waals surface area (Å²) in [5.41, 5.74) is 1.06. The van der Waals surface area contributed by atoms with Crippen LogP contribution in [0.3, 0.4) is 0 Å². The number of fused-ring (bicyclic) bond motifs is 1. The van der Waals surface area contributed by atoms with Crippen molar-refractivity contribution >= 4 is 15.5 Å². The van der Waals surface area contributed by atoms with Gasteiger partial charge in [-0.2, -0.15) is 4.31 Å². The Morgan fingerprint density at radius 2 is 1.87 bits per heavy atom. The largest absolute Gasteiger partial charge is 0.346 e. The van der Waals surface area contributed by atoms with Crippen molar-refractivity contribution in [1.82, 2.24) is 18.6 Å². The molecule has 1 unspecified atom stereocenters. The average molecular weight is 435 g/mol. The predicted octanol–water partition coefficient (Wildman–Crippen LogP) is 1.86. The van der Waals surface area contributed by atoms with Gasteiger partial charge in [0.1, 0.15) is 5.82 Å². The van der Waals surface area contributed by atoms with E-state index in [1.54, 1.807) is 4.31 Å². The molecule has 2 aliphatic heterocycles. The Balaban J connectivity index is 1.30. The van der Waals surface area contributed by atoms with Gasteiger partial charge in [0, 0.05) is 19.3 Å². The van der Waals surface area contributed by atoms with Crippen LogP contribution in [0.5, 0.6) is 0 Å². The summed E-state index contributed by atoms with van der Waals surface area (Å²) in [7, 11) is -3.32. The highest BCUT2D eigenvalue weighted by Gasteiger charge is 2.46. The second-order valence-electron chi connectivity index (χ2n) is 8.63. The molecule has 5 rings (SSSR count). The number of rotatable bonds is 4. The van der Waals surface area contributed by atoms with E-state index in [0.717, 1.165) is 50.0 Å². The van der Waals surface area contributed by atoms with Crippen molar-refractivity contribution in [2.75, 3.05) is 39.4 Å². The lowest BCUT2D eigenvalue weighted by Crippen LogP contribution is -2.63. The SMILES string of the molecule is O=S(=O)(C1CCCCC1)N1CCOC2(CN(Cc3ncc4ccccn34)CCO2)C1. The number of aromatic nitrogens is 2. The van der Waals surface area contributed by atoms with Crippen molar-refractivity contribution < 1.29 is 17.9 Å². The minimum absolute atomic E-state index is 0.252. The number of nitrogens with zero attached hydrogens (tertiary/aromatic N) is 4. The minimum atomic E-state index is -3.32. The van der Waals surface area contributed by atoms with E-state index in [0.29, 0.717) is 32.8 Å². The number of imidazole rings is 1. The van der Waals surface area contributed by atoms with Crippen LogP contribution in [0.15, 0.2) is 30.6 Å². The summed E-state index contributed by atoms with van der Waals surface area (Å²) in [5.74, 6) is 0.0656. The molecule has 30 heavy (non-hydrogen) atoms. The molecule has 0 bridgehead atoms. The maximum atomic E-state index is 13.2. The average Bonchev–Trinajstić information content (AvgIpc) is 3.17. The molecular weight excluding hydrogens is 404 g/mol. The van der Waals surface area contributed by atoms with Crippen LogP contribution < -0.4 is 0 Å². The molecule has 0 aromatic carbocycles. The smallest absolute Gasteiger partial charge is 0.217 e. The van der Waals surface area contributed by atoms with Gasteiger partial charge in [-0.15, -0.1) is 0 Å². The third kappa shape index (κ3) is 3.89. The van der Waals surface area contributed by atoms with E-state index >= 15 is 0 Å². The van der Waals surface area contributed by atoms with Crippen LogP contribution in [0.4, 0.5) is 0 Å². The Hall–Kier alpha value is -1.52. The molecule has 3 fully saturated rings. The summed E-state index contributed by atoms with van der Waals surface area (Å²) in [6, 6.07) is 6.04. The van der Waals surface area contributed by atoms with E-state index in [-0.39, 0.29) is 11.8 Å². The first-order valence-corrected chi connectivity index (χ1v) is 12.5. The predicted molar refractivity (Wildman–Crippen MR) is 112 cm³/mol. The first kappa shape index (κ1) is 20.4. The monoisotopic (exact) mass is 434 g/mol. The summed E-state index contributed by atoms with van der Waals surface area (Å²) < 4.78 is 42.3. The van der Waals surface area contributed by atoms with E-state index in [2.05, 4.69) is 14.3 Å². The highest BCUT2D eigenvalue weighted by Crippen LogP contribution is 2.31. The van der Waals surface area contributed by atoms with Crippen LogP contribution in [0.25, 0.3) is 5.52 Å². The fourth-order valence-electron chi connectivity index (χ4n) is 4.98. The topological polar surface area (TPSA) is 76.4 Å². The van der Waals surface area contributed by atoms with Crippen molar-refractivity contribution in [3.63, 3.8) is 0 Å². The lowest BCUT2D eigenvalue weighted by molar-refractivity contribution is -0.285. The van der Waals surface area contributed by atoms with E-state index in [9.17, 15) is 8.42 Å². The molecule has 1 atom stereocenters. The van der Waals surface area contributed by atoms with Gasteiger partial charge in [-0.3, -0.25) is 4.90 Å². The standard InChI is InChI=1S/C21H30N4O4S/c26-30(27,19-7-2-1-3-8-19)24-11-13-29-21(17-24)16-23(10-12-28-21)15-20-22-14-18-6-4-5-9-25(18)20/h4-6,9,14,19H,1-3,7-8,10-13,15-17H2. The lowest BCUT2D eigenvalue weighted by atomic mass is 10.0. The molecule has 2 aromatic rings. The Bertz CT molecular complexity index is 984. The quantitative estimate of drug-likeness (QED) is 0.731. The highest BCUT2D eigenvalue weighted by molar-refractivity contribution is 7.89. The number of morpholine rings is 2. The van der Waals surface area contributed by atoms with Gasteiger partial charge in [-0.1, -0.05) is 25.3 Å². The molecule has 1 saturated carbocycles. The Labute approximate surface area is 177 Å². The Morgan fingerprint density at radius 3 is 2.70 bits per heavy atom. The maximum Gasteiger partial charge on any atom is 0.217 e. The van der Waals surface area contributed by atoms with Crippen molar-refractivity contribution in [2.45, 2.75) is 49.7 Å². The van der Waals surface area contributed by atoms with Crippen LogP contribution in [0.1, 0.15) is 37.9 Å². The van der Waals surface area contributed by atoms with E-state index in [1.165, 1.54) is 0 Å². The summed E-state index contributed by atoms with van der Waals surface area (Å²) in [6.07, 6.45) is 8.58. The first-order valence-electron chi connectivity index (χ1n) is 11.0. The van der Waals surface area contributed by atoms with E-state index in [1.807, 2.05) is 30.6 Å². The molecule has 4 heterocycles. The van der Waals surface area contributed by atoms with Crippen molar-refractivity contribution in [3.8, 4) is 0 Å². The molecule has 9 heteroatoms. The molecule has 8 nitrogen and oxygen atoms in total. The second-order valence-corrected chi connectivity index (χ2v) is 10.8. The highest BCUT2D eigenvalue weighted by atomic mass is 32.2. The third-order valence-electron chi connectivity index (χ3n) is 6.57. The number of hydrogen-bond acceptors (Lipinski definition) is 6. The molecule has 2 aromatic heterocycles. The fourth-order valence-corrected chi connectivity index (χ4v) is 7.03. The number of pyridine rings is 1. The third-order valence-corrected chi connectivity index (χ3v) is 8.92. The second kappa shape index (κ2) is 8.20. The molecule has 3 aliphatic rings. The van der Waals surface area contributed by atoms with Gasteiger partial charge >= 0.3 is 0 Å². The van der Waals surface area contributed by atoms with Crippen LogP contribution in [-0.2, 0) is 26.0 Å². The van der Waals surface area contributed by atoms with Gasteiger partial charge in [-0.25, -0.2) is 13.4 Å². The van der Waals surface area contributed by atoms with E-state index in [4.69, 9.17) is 9.47 Å². The first-order chi connectivity index (χ1) is 14.6. The zero-order valence-electron chi connectivity index (χ0n) is 17.3. The molecule has 0 amide bonds. The summed E-state index contributed by atoms with van der Waals surface area (Å²) >= 11 is 0. The van der Waals surface area contributed by atoms with Gasteiger partial charge in [-0.05, 0) is 25.0 Å². The zero-order chi connectivity index (χ0) is 20.6. The maximum absolute atomic E-state index is 13.2.